The Balaban J connectivity index is 0.000000847. The van der Waals surface area contributed by atoms with Crippen LogP contribution < -0.4 is 0 Å². The molecule has 128 valence electrons. The zero-order valence-electron chi connectivity index (χ0n) is 15.3. The van der Waals surface area contributed by atoms with E-state index in [4.69, 9.17) is 0 Å². The van der Waals surface area contributed by atoms with Crippen molar-refractivity contribution in [3.8, 4) is 0 Å². The second-order valence-electron chi connectivity index (χ2n) is 8.50. The van der Waals surface area contributed by atoms with Crippen LogP contribution in [0.15, 0.2) is 0 Å². The molecule has 0 amide bonds. The van der Waals surface area contributed by atoms with Crippen LogP contribution in [0, 0.1) is 34.5 Å². The summed E-state index contributed by atoms with van der Waals surface area (Å²) >= 11 is 0. The van der Waals surface area contributed by atoms with Gasteiger partial charge < -0.3 is 5.11 Å². The van der Waals surface area contributed by atoms with Crippen molar-refractivity contribution < 1.29 is 9.90 Å². The summed E-state index contributed by atoms with van der Waals surface area (Å²) in [6.07, 6.45) is 9.75. The molecule has 22 heavy (non-hydrogen) atoms. The van der Waals surface area contributed by atoms with Crippen LogP contribution in [0.4, 0.5) is 0 Å². The van der Waals surface area contributed by atoms with Crippen LogP contribution in [-0.4, -0.2) is 11.1 Å². The average Bonchev–Trinajstić information content (AvgIpc) is 2.48. The second kappa shape index (κ2) is 6.53. The van der Waals surface area contributed by atoms with E-state index in [1.165, 1.54) is 32.1 Å². The molecule has 0 aromatic heterocycles. The lowest BCUT2D eigenvalue weighted by molar-refractivity contribution is -0.172. The number of hydrogen-bond donors (Lipinski definition) is 1. The van der Waals surface area contributed by atoms with Gasteiger partial charge in [0.05, 0.1) is 5.41 Å². The van der Waals surface area contributed by atoms with Crippen LogP contribution in [0.1, 0.15) is 86.0 Å². The summed E-state index contributed by atoms with van der Waals surface area (Å²) in [4.78, 5) is 11.9. The summed E-state index contributed by atoms with van der Waals surface area (Å²) in [5.41, 5.74) is -0.185. The standard InChI is InChI=1S/C18H30O2.C2H6/c1-12-5-7-14-13(11-12)6-8-15-17(14,2)9-4-10-18(15,3)16(19)20;1-2/h12-15H,4-11H2,1-3H3,(H,19,20);1-2H3. The van der Waals surface area contributed by atoms with Crippen molar-refractivity contribution in [2.24, 2.45) is 34.5 Å². The summed E-state index contributed by atoms with van der Waals surface area (Å²) in [6, 6.07) is 0. The van der Waals surface area contributed by atoms with Gasteiger partial charge in [-0.05, 0) is 74.5 Å². The van der Waals surface area contributed by atoms with Gasteiger partial charge in [-0.2, -0.15) is 0 Å². The molecule has 6 unspecified atom stereocenters. The predicted molar refractivity (Wildman–Crippen MR) is 91.8 cm³/mol. The van der Waals surface area contributed by atoms with Gasteiger partial charge in [-0.15, -0.1) is 0 Å². The SMILES string of the molecule is CC.CC1CCC2C(CCC3C(C)(C(=O)O)CCCC23C)C1. The third-order valence-electron chi connectivity index (χ3n) is 7.38. The fraction of sp³-hybridized carbons (Fsp3) is 0.950. The van der Waals surface area contributed by atoms with Gasteiger partial charge in [0.15, 0.2) is 0 Å². The van der Waals surface area contributed by atoms with E-state index in [2.05, 4.69) is 13.8 Å². The lowest BCUT2D eigenvalue weighted by Gasteiger charge is -2.60. The maximum Gasteiger partial charge on any atom is 0.309 e. The summed E-state index contributed by atoms with van der Waals surface area (Å²) < 4.78 is 0. The molecule has 0 aliphatic heterocycles. The molecule has 0 aromatic carbocycles. The van der Waals surface area contributed by atoms with Gasteiger partial charge in [0.1, 0.15) is 0 Å². The van der Waals surface area contributed by atoms with E-state index in [1.54, 1.807) is 0 Å². The van der Waals surface area contributed by atoms with E-state index in [-0.39, 0.29) is 5.41 Å². The van der Waals surface area contributed by atoms with Crippen LogP contribution in [0.3, 0.4) is 0 Å². The number of fused-ring (bicyclic) bond motifs is 3. The van der Waals surface area contributed by atoms with Gasteiger partial charge in [-0.3, -0.25) is 4.79 Å². The van der Waals surface area contributed by atoms with Crippen molar-refractivity contribution in [3.63, 3.8) is 0 Å². The molecule has 0 aromatic rings. The Morgan fingerprint density at radius 3 is 2.36 bits per heavy atom. The maximum absolute atomic E-state index is 11.9. The molecule has 0 radical (unpaired) electrons. The van der Waals surface area contributed by atoms with Crippen molar-refractivity contribution in [2.45, 2.75) is 86.0 Å². The largest absolute Gasteiger partial charge is 0.481 e. The minimum Gasteiger partial charge on any atom is -0.481 e. The third-order valence-corrected chi connectivity index (χ3v) is 7.38. The predicted octanol–water partition coefficient (Wildman–Crippen LogP) is 5.76. The molecule has 3 fully saturated rings. The Hall–Kier alpha value is -0.530. The highest BCUT2D eigenvalue weighted by Gasteiger charge is 2.59. The zero-order valence-corrected chi connectivity index (χ0v) is 15.3. The smallest absolute Gasteiger partial charge is 0.309 e. The molecule has 1 N–H and O–H groups in total. The monoisotopic (exact) mass is 308 g/mol. The molecular formula is C20H36O2. The molecule has 3 aliphatic rings. The molecule has 0 saturated heterocycles. The number of aliphatic carboxylic acids is 1. The van der Waals surface area contributed by atoms with E-state index in [0.29, 0.717) is 5.92 Å². The second-order valence-corrected chi connectivity index (χ2v) is 8.50. The lowest BCUT2D eigenvalue weighted by Crippen LogP contribution is -2.55. The molecule has 2 nitrogen and oxygen atoms in total. The molecule has 6 atom stereocenters. The first kappa shape index (κ1) is 17.8. The summed E-state index contributed by atoms with van der Waals surface area (Å²) in [7, 11) is 0. The van der Waals surface area contributed by atoms with E-state index < -0.39 is 11.4 Å². The highest BCUT2D eigenvalue weighted by atomic mass is 16.4. The minimum absolute atomic E-state index is 0.286. The van der Waals surface area contributed by atoms with Gasteiger partial charge in [0.2, 0.25) is 0 Å². The van der Waals surface area contributed by atoms with Crippen LogP contribution in [0.5, 0.6) is 0 Å². The van der Waals surface area contributed by atoms with Crippen molar-refractivity contribution in [1.29, 1.82) is 0 Å². The summed E-state index contributed by atoms with van der Waals surface area (Å²) in [6.45, 7) is 10.9. The average molecular weight is 309 g/mol. The van der Waals surface area contributed by atoms with Crippen LogP contribution in [0.2, 0.25) is 0 Å². The Morgan fingerprint density at radius 1 is 1.05 bits per heavy atom. The lowest BCUT2D eigenvalue weighted by atomic mass is 9.44. The molecule has 3 rings (SSSR count). The first-order valence-corrected chi connectivity index (χ1v) is 9.61. The minimum atomic E-state index is -0.545. The highest BCUT2D eigenvalue weighted by molar-refractivity contribution is 5.75. The van der Waals surface area contributed by atoms with E-state index in [9.17, 15) is 9.90 Å². The summed E-state index contributed by atoms with van der Waals surface area (Å²) in [5, 5.41) is 9.79. The molecule has 0 spiro atoms. The molecule has 3 saturated carbocycles. The van der Waals surface area contributed by atoms with E-state index >= 15 is 0 Å². The first-order chi connectivity index (χ1) is 10.4. The Kier molecular flexibility index (Phi) is 5.29. The van der Waals surface area contributed by atoms with E-state index in [1.807, 2.05) is 20.8 Å². The van der Waals surface area contributed by atoms with Crippen molar-refractivity contribution in [2.75, 3.05) is 0 Å². The van der Waals surface area contributed by atoms with Crippen LogP contribution in [0.25, 0.3) is 0 Å². The number of carboxylic acids is 1. The quantitative estimate of drug-likeness (QED) is 0.669. The summed E-state index contributed by atoms with van der Waals surface area (Å²) in [5.74, 6) is 2.39. The maximum atomic E-state index is 11.9. The molecule has 3 aliphatic carbocycles. The third kappa shape index (κ3) is 2.71. The number of carbonyl (C=O) groups is 1. The van der Waals surface area contributed by atoms with Crippen molar-refractivity contribution in [1.82, 2.24) is 0 Å². The number of hydrogen-bond acceptors (Lipinski definition) is 1. The Morgan fingerprint density at radius 2 is 1.73 bits per heavy atom. The molecule has 0 bridgehead atoms. The Labute approximate surface area is 137 Å². The molecular weight excluding hydrogens is 272 g/mol. The number of rotatable bonds is 1. The highest BCUT2D eigenvalue weighted by Crippen LogP contribution is 2.64. The fourth-order valence-corrected chi connectivity index (χ4v) is 6.33. The fourth-order valence-electron chi connectivity index (χ4n) is 6.33. The first-order valence-electron chi connectivity index (χ1n) is 9.61. The Bertz CT molecular complexity index is 405. The van der Waals surface area contributed by atoms with Crippen LogP contribution in [-0.2, 0) is 4.79 Å². The molecule has 0 heterocycles. The van der Waals surface area contributed by atoms with Gasteiger partial charge in [0.25, 0.3) is 0 Å². The normalized spacial score (nSPS) is 47.5. The van der Waals surface area contributed by atoms with Gasteiger partial charge in [-0.25, -0.2) is 0 Å². The van der Waals surface area contributed by atoms with Crippen LogP contribution >= 0.6 is 0 Å². The van der Waals surface area contributed by atoms with Gasteiger partial charge in [0, 0.05) is 0 Å². The van der Waals surface area contributed by atoms with E-state index in [0.717, 1.165) is 37.0 Å². The van der Waals surface area contributed by atoms with Gasteiger partial charge >= 0.3 is 5.97 Å². The zero-order chi connectivity index (χ0) is 16.5. The van der Waals surface area contributed by atoms with Crippen molar-refractivity contribution >= 4 is 5.97 Å². The van der Waals surface area contributed by atoms with Crippen molar-refractivity contribution in [3.05, 3.63) is 0 Å². The number of carboxylic acid groups (broad SMARTS) is 1. The van der Waals surface area contributed by atoms with Gasteiger partial charge in [-0.1, -0.05) is 40.5 Å². The molecule has 2 heteroatoms. The topological polar surface area (TPSA) is 37.3 Å².